The molecule has 0 amide bonds. The lowest BCUT2D eigenvalue weighted by atomic mass is 10.0. The Morgan fingerprint density at radius 1 is 1.16 bits per heavy atom. The van der Waals surface area contributed by atoms with Gasteiger partial charge < -0.3 is 4.74 Å². The number of nitrogens with one attached hydrogen (secondary N) is 1. The van der Waals surface area contributed by atoms with Crippen LogP contribution in [0.1, 0.15) is 10.4 Å². The van der Waals surface area contributed by atoms with E-state index in [-0.39, 0.29) is 5.97 Å². The van der Waals surface area contributed by atoms with Crippen LogP contribution in [0.4, 0.5) is 0 Å². The SMILES string of the molecule is COC(=O)c1cc(-c2ccccc2)cc2cn[nH]c12. The zero-order valence-electron chi connectivity index (χ0n) is 10.4. The summed E-state index contributed by atoms with van der Waals surface area (Å²) < 4.78 is 4.82. The highest BCUT2D eigenvalue weighted by Gasteiger charge is 2.14. The summed E-state index contributed by atoms with van der Waals surface area (Å²) in [7, 11) is 1.37. The number of hydrogen-bond donors (Lipinski definition) is 1. The highest BCUT2D eigenvalue weighted by molar-refractivity contribution is 6.04. The quantitative estimate of drug-likeness (QED) is 0.713. The molecule has 1 aromatic heterocycles. The molecule has 4 heteroatoms. The monoisotopic (exact) mass is 252 g/mol. The van der Waals surface area contributed by atoms with E-state index in [2.05, 4.69) is 10.2 Å². The summed E-state index contributed by atoms with van der Waals surface area (Å²) in [5.41, 5.74) is 3.22. The number of carbonyl (C=O) groups excluding carboxylic acids is 1. The summed E-state index contributed by atoms with van der Waals surface area (Å²) in [5, 5.41) is 7.70. The Balaban J connectivity index is 2.25. The van der Waals surface area contributed by atoms with Crippen molar-refractivity contribution in [3.63, 3.8) is 0 Å². The van der Waals surface area contributed by atoms with Crippen molar-refractivity contribution in [3.8, 4) is 11.1 Å². The Hall–Kier alpha value is -2.62. The molecule has 0 saturated heterocycles. The van der Waals surface area contributed by atoms with E-state index in [0.29, 0.717) is 11.1 Å². The first kappa shape index (κ1) is 11.5. The van der Waals surface area contributed by atoms with Crippen molar-refractivity contribution in [1.29, 1.82) is 0 Å². The fraction of sp³-hybridized carbons (Fsp3) is 0.0667. The number of aromatic nitrogens is 2. The summed E-state index contributed by atoms with van der Waals surface area (Å²) in [6.45, 7) is 0. The average molecular weight is 252 g/mol. The van der Waals surface area contributed by atoms with E-state index in [4.69, 9.17) is 4.74 Å². The van der Waals surface area contributed by atoms with Gasteiger partial charge in [0, 0.05) is 5.39 Å². The van der Waals surface area contributed by atoms with Crippen LogP contribution < -0.4 is 0 Å². The van der Waals surface area contributed by atoms with E-state index in [0.717, 1.165) is 16.5 Å². The minimum atomic E-state index is -0.368. The van der Waals surface area contributed by atoms with E-state index in [9.17, 15) is 4.79 Å². The second-order valence-corrected chi connectivity index (χ2v) is 4.22. The number of hydrogen-bond acceptors (Lipinski definition) is 3. The van der Waals surface area contributed by atoms with Gasteiger partial charge in [0.15, 0.2) is 0 Å². The van der Waals surface area contributed by atoms with Crippen LogP contribution in [0.2, 0.25) is 0 Å². The summed E-state index contributed by atoms with van der Waals surface area (Å²) in [4.78, 5) is 11.8. The molecule has 0 atom stereocenters. The molecule has 1 N–H and O–H groups in total. The van der Waals surface area contributed by atoms with Gasteiger partial charge in [0.25, 0.3) is 0 Å². The zero-order valence-corrected chi connectivity index (χ0v) is 10.4. The summed E-state index contributed by atoms with van der Waals surface area (Å²) in [6.07, 6.45) is 1.70. The number of rotatable bonds is 2. The van der Waals surface area contributed by atoms with Crippen molar-refractivity contribution in [3.05, 3.63) is 54.2 Å². The number of H-pyrrole nitrogens is 1. The van der Waals surface area contributed by atoms with Crippen molar-refractivity contribution >= 4 is 16.9 Å². The lowest BCUT2D eigenvalue weighted by Crippen LogP contribution is -2.02. The van der Waals surface area contributed by atoms with Gasteiger partial charge in [0.1, 0.15) is 0 Å². The fourth-order valence-corrected chi connectivity index (χ4v) is 2.13. The largest absolute Gasteiger partial charge is 0.465 e. The van der Waals surface area contributed by atoms with Crippen LogP contribution in [-0.4, -0.2) is 23.3 Å². The molecule has 2 aromatic carbocycles. The number of esters is 1. The number of aromatic amines is 1. The van der Waals surface area contributed by atoms with Crippen LogP contribution >= 0.6 is 0 Å². The van der Waals surface area contributed by atoms with Crippen LogP contribution in [0.15, 0.2) is 48.7 Å². The van der Waals surface area contributed by atoms with Gasteiger partial charge in [-0.1, -0.05) is 30.3 Å². The second kappa shape index (κ2) is 4.57. The van der Waals surface area contributed by atoms with Crippen molar-refractivity contribution < 1.29 is 9.53 Å². The molecule has 0 unspecified atom stereocenters. The third-order valence-corrected chi connectivity index (χ3v) is 3.06. The molecule has 19 heavy (non-hydrogen) atoms. The molecular formula is C15H12N2O2. The molecule has 4 nitrogen and oxygen atoms in total. The van der Waals surface area contributed by atoms with Crippen LogP contribution in [0.3, 0.4) is 0 Å². The maximum Gasteiger partial charge on any atom is 0.340 e. The van der Waals surface area contributed by atoms with Crippen LogP contribution in [-0.2, 0) is 4.74 Å². The fourth-order valence-electron chi connectivity index (χ4n) is 2.13. The smallest absolute Gasteiger partial charge is 0.340 e. The standard InChI is InChI=1S/C15H12N2O2/c1-19-15(18)13-8-11(10-5-3-2-4-6-10)7-12-9-16-17-14(12)13/h2-9H,1H3,(H,16,17). The molecule has 1 heterocycles. The third kappa shape index (κ3) is 1.97. The molecule has 0 spiro atoms. The summed E-state index contributed by atoms with van der Waals surface area (Å²) in [6, 6.07) is 13.7. The van der Waals surface area contributed by atoms with Crippen molar-refractivity contribution in [2.45, 2.75) is 0 Å². The average Bonchev–Trinajstić information content (AvgIpc) is 2.94. The van der Waals surface area contributed by atoms with Crippen molar-refractivity contribution in [2.24, 2.45) is 0 Å². The molecule has 0 radical (unpaired) electrons. The summed E-state index contributed by atoms with van der Waals surface area (Å²) in [5.74, 6) is -0.368. The molecule has 0 bridgehead atoms. The number of fused-ring (bicyclic) bond motifs is 1. The minimum Gasteiger partial charge on any atom is -0.465 e. The Kier molecular flexibility index (Phi) is 2.76. The first-order chi connectivity index (χ1) is 9.29. The first-order valence-corrected chi connectivity index (χ1v) is 5.90. The number of nitrogens with zero attached hydrogens (tertiary/aromatic N) is 1. The molecule has 94 valence electrons. The summed E-state index contributed by atoms with van der Waals surface area (Å²) >= 11 is 0. The molecule has 0 saturated carbocycles. The van der Waals surface area contributed by atoms with E-state index in [1.165, 1.54) is 7.11 Å². The van der Waals surface area contributed by atoms with Crippen molar-refractivity contribution in [1.82, 2.24) is 10.2 Å². The normalized spacial score (nSPS) is 10.6. The number of methoxy groups -OCH3 is 1. The van der Waals surface area contributed by atoms with E-state index >= 15 is 0 Å². The van der Waals surface area contributed by atoms with Gasteiger partial charge in [0.2, 0.25) is 0 Å². The minimum absolute atomic E-state index is 0.368. The predicted molar refractivity (Wildman–Crippen MR) is 72.9 cm³/mol. The van der Waals surface area contributed by atoms with Gasteiger partial charge in [-0.2, -0.15) is 5.10 Å². The maximum absolute atomic E-state index is 11.8. The second-order valence-electron chi connectivity index (χ2n) is 4.22. The zero-order chi connectivity index (χ0) is 13.2. The van der Waals surface area contributed by atoms with Gasteiger partial charge in [-0.3, -0.25) is 5.10 Å². The van der Waals surface area contributed by atoms with E-state index in [1.54, 1.807) is 6.20 Å². The van der Waals surface area contributed by atoms with Crippen molar-refractivity contribution in [2.75, 3.05) is 7.11 Å². The molecule has 0 aliphatic heterocycles. The van der Waals surface area contributed by atoms with Gasteiger partial charge in [-0.25, -0.2) is 4.79 Å². The molecule has 3 rings (SSSR count). The van der Waals surface area contributed by atoms with Gasteiger partial charge in [0.05, 0.1) is 24.4 Å². The van der Waals surface area contributed by atoms with Crippen LogP contribution in [0.25, 0.3) is 22.0 Å². The Morgan fingerprint density at radius 3 is 2.68 bits per heavy atom. The maximum atomic E-state index is 11.8. The third-order valence-electron chi connectivity index (χ3n) is 3.06. The first-order valence-electron chi connectivity index (χ1n) is 5.90. The number of benzene rings is 2. The van der Waals surface area contributed by atoms with Gasteiger partial charge in [-0.15, -0.1) is 0 Å². The van der Waals surface area contributed by atoms with E-state index < -0.39 is 0 Å². The molecule has 3 aromatic rings. The Bertz CT molecular complexity index is 732. The van der Waals surface area contributed by atoms with Gasteiger partial charge >= 0.3 is 5.97 Å². The number of carbonyl (C=O) groups is 1. The number of ether oxygens (including phenoxy) is 1. The van der Waals surface area contributed by atoms with Gasteiger partial charge in [-0.05, 0) is 23.3 Å². The molecular weight excluding hydrogens is 240 g/mol. The molecule has 0 aliphatic rings. The highest BCUT2D eigenvalue weighted by Crippen LogP contribution is 2.26. The topological polar surface area (TPSA) is 55.0 Å². The van der Waals surface area contributed by atoms with E-state index in [1.807, 2.05) is 42.5 Å². The Morgan fingerprint density at radius 2 is 1.95 bits per heavy atom. The lowest BCUT2D eigenvalue weighted by molar-refractivity contribution is 0.0603. The van der Waals surface area contributed by atoms with Crippen LogP contribution in [0.5, 0.6) is 0 Å². The molecule has 0 fully saturated rings. The predicted octanol–water partition coefficient (Wildman–Crippen LogP) is 3.02. The van der Waals surface area contributed by atoms with Crippen LogP contribution in [0, 0.1) is 0 Å². The molecule has 0 aliphatic carbocycles. The Labute approximate surface area is 110 Å². The lowest BCUT2D eigenvalue weighted by Gasteiger charge is -2.06. The highest BCUT2D eigenvalue weighted by atomic mass is 16.5.